The molecule has 0 aliphatic carbocycles. The predicted octanol–water partition coefficient (Wildman–Crippen LogP) is -0.515. The maximum atomic E-state index is 12.1. The summed E-state index contributed by atoms with van der Waals surface area (Å²) in [6.07, 6.45) is 3.29. The first kappa shape index (κ1) is 14.8. The van der Waals surface area contributed by atoms with Gasteiger partial charge in [-0.3, -0.25) is 14.7 Å². The minimum absolute atomic E-state index is 0.0874. The third kappa shape index (κ3) is 3.47. The average molecular weight is 292 g/mol. The smallest absolute Gasteiger partial charge is 0.328 e. The molecule has 112 valence electrons. The molecular weight excluding hydrogens is 276 g/mol. The fraction of sp³-hybridized carbons (Fsp3) is 0.385. The second kappa shape index (κ2) is 6.21. The van der Waals surface area contributed by atoms with Crippen molar-refractivity contribution in [3.05, 3.63) is 29.6 Å². The molecule has 2 heterocycles. The highest BCUT2D eigenvalue weighted by molar-refractivity contribution is 5.90. The number of aliphatic carboxylic acids is 1. The van der Waals surface area contributed by atoms with Crippen LogP contribution in [0.4, 0.5) is 4.79 Å². The van der Waals surface area contributed by atoms with E-state index in [-0.39, 0.29) is 25.5 Å². The van der Waals surface area contributed by atoms with Gasteiger partial charge in [0.15, 0.2) is 0 Å². The molecule has 0 aromatic carbocycles. The number of nitrogens with one attached hydrogen (secondary N) is 2. The zero-order valence-electron chi connectivity index (χ0n) is 11.5. The molecule has 8 nitrogen and oxygen atoms in total. The highest BCUT2D eigenvalue weighted by Crippen LogP contribution is 2.07. The van der Waals surface area contributed by atoms with Crippen molar-refractivity contribution < 1.29 is 19.5 Å². The van der Waals surface area contributed by atoms with Gasteiger partial charge in [0.1, 0.15) is 12.6 Å². The van der Waals surface area contributed by atoms with Gasteiger partial charge in [0, 0.05) is 25.5 Å². The zero-order valence-corrected chi connectivity index (χ0v) is 11.5. The number of piperazine rings is 1. The molecule has 1 aliphatic heterocycles. The Labute approximate surface area is 121 Å². The lowest BCUT2D eigenvalue weighted by atomic mass is 10.1. The van der Waals surface area contributed by atoms with Gasteiger partial charge in [0.2, 0.25) is 5.91 Å². The van der Waals surface area contributed by atoms with Gasteiger partial charge < -0.3 is 15.7 Å². The zero-order chi connectivity index (χ0) is 15.4. The van der Waals surface area contributed by atoms with Crippen LogP contribution in [0.2, 0.25) is 0 Å². The summed E-state index contributed by atoms with van der Waals surface area (Å²) in [4.78, 5) is 39.5. The molecule has 21 heavy (non-hydrogen) atoms. The van der Waals surface area contributed by atoms with Crippen molar-refractivity contribution in [2.75, 3.05) is 13.1 Å². The van der Waals surface area contributed by atoms with E-state index < -0.39 is 18.0 Å². The van der Waals surface area contributed by atoms with Gasteiger partial charge in [-0.25, -0.2) is 9.59 Å². The number of urea groups is 1. The molecule has 1 unspecified atom stereocenters. The van der Waals surface area contributed by atoms with E-state index in [1.165, 1.54) is 0 Å². The van der Waals surface area contributed by atoms with E-state index in [1.54, 1.807) is 18.5 Å². The molecule has 0 radical (unpaired) electrons. The Kier molecular flexibility index (Phi) is 4.36. The summed E-state index contributed by atoms with van der Waals surface area (Å²) in [5, 5.41) is 14.2. The third-order valence-electron chi connectivity index (χ3n) is 3.30. The van der Waals surface area contributed by atoms with Crippen LogP contribution in [0.5, 0.6) is 0 Å². The Hall–Kier alpha value is -2.64. The van der Waals surface area contributed by atoms with Crippen molar-refractivity contribution in [2.45, 2.75) is 19.5 Å². The van der Waals surface area contributed by atoms with Crippen molar-refractivity contribution in [3.8, 4) is 0 Å². The number of carboxylic acid groups (broad SMARTS) is 1. The molecule has 1 aliphatic rings. The Balaban J connectivity index is 2.02. The molecule has 3 amide bonds. The quantitative estimate of drug-likeness (QED) is 0.694. The first-order valence-electron chi connectivity index (χ1n) is 6.42. The maximum absolute atomic E-state index is 12.1. The Morgan fingerprint density at radius 1 is 1.57 bits per heavy atom. The lowest BCUT2D eigenvalue weighted by Gasteiger charge is -2.32. The molecule has 0 saturated carbocycles. The molecule has 1 atom stereocenters. The van der Waals surface area contributed by atoms with E-state index in [1.807, 2.05) is 6.92 Å². The van der Waals surface area contributed by atoms with Gasteiger partial charge in [0.25, 0.3) is 0 Å². The maximum Gasteiger partial charge on any atom is 0.328 e. The van der Waals surface area contributed by atoms with Gasteiger partial charge >= 0.3 is 12.0 Å². The first-order chi connectivity index (χ1) is 9.99. The van der Waals surface area contributed by atoms with Crippen LogP contribution >= 0.6 is 0 Å². The van der Waals surface area contributed by atoms with Gasteiger partial charge in [-0.05, 0) is 24.1 Å². The molecule has 0 bridgehead atoms. The number of aryl methyl sites for hydroxylation is 1. The van der Waals surface area contributed by atoms with E-state index in [4.69, 9.17) is 5.11 Å². The monoisotopic (exact) mass is 292 g/mol. The number of aromatic nitrogens is 1. The summed E-state index contributed by atoms with van der Waals surface area (Å²) in [6.45, 7) is 1.76. The SMILES string of the molecule is Cc1cnccc1CNC(=O)N1CC(=O)NCC1C(=O)O. The van der Waals surface area contributed by atoms with Crippen molar-refractivity contribution in [1.82, 2.24) is 20.5 Å². The largest absolute Gasteiger partial charge is 0.480 e. The summed E-state index contributed by atoms with van der Waals surface area (Å²) in [6, 6.07) is 0.141. The summed E-state index contributed by atoms with van der Waals surface area (Å²) in [7, 11) is 0. The molecule has 2 rings (SSSR count). The van der Waals surface area contributed by atoms with Crippen molar-refractivity contribution >= 4 is 17.9 Å². The second-order valence-electron chi connectivity index (χ2n) is 4.75. The van der Waals surface area contributed by atoms with Crippen LogP contribution in [0.25, 0.3) is 0 Å². The number of amides is 3. The molecule has 3 N–H and O–H groups in total. The number of pyridine rings is 1. The van der Waals surface area contributed by atoms with Crippen molar-refractivity contribution in [1.29, 1.82) is 0 Å². The lowest BCUT2D eigenvalue weighted by molar-refractivity contribution is -0.144. The average Bonchev–Trinajstić information content (AvgIpc) is 2.45. The molecule has 1 fully saturated rings. The van der Waals surface area contributed by atoms with E-state index in [2.05, 4.69) is 15.6 Å². The van der Waals surface area contributed by atoms with Crippen LogP contribution in [0.3, 0.4) is 0 Å². The van der Waals surface area contributed by atoms with Crippen LogP contribution < -0.4 is 10.6 Å². The predicted molar refractivity (Wildman–Crippen MR) is 72.3 cm³/mol. The Morgan fingerprint density at radius 3 is 3.00 bits per heavy atom. The Bertz CT molecular complexity index is 575. The van der Waals surface area contributed by atoms with Crippen molar-refractivity contribution in [3.63, 3.8) is 0 Å². The second-order valence-corrected chi connectivity index (χ2v) is 4.75. The number of hydrogen-bond donors (Lipinski definition) is 3. The molecule has 1 saturated heterocycles. The highest BCUT2D eigenvalue weighted by Gasteiger charge is 2.35. The number of rotatable bonds is 3. The number of hydrogen-bond acceptors (Lipinski definition) is 4. The third-order valence-corrected chi connectivity index (χ3v) is 3.30. The van der Waals surface area contributed by atoms with E-state index in [0.29, 0.717) is 0 Å². The van der Waals surface area contributed by atoms with Crippen molar-refractivity contribution in [2.24, 2.45) is 0 Å². The summed E-state index contributed by atoms with van der Waals surface area (Å²) in [5.74, 6) is -1.52. The first-order valence-corrected chi connectivity index (χ1v) is 6.42. The summed E-state index contributed by atoms with van der Waals surface area (Å²) < 4.78 is 0. The van der Waals surface area contributed by atoms with E-state index in [9.17, 15) is 14.4 Å². The number of carbonyl (C=O) groups is 3. The van der Waals surface area contributed by atoms with Gasteiger partial charge in [-0.1, -0.05) is 0 Å². The normalized spacial score (nSPS) is 18.0. The summed E-state index contributed by atoms with van der Waals surface area (Å²) >= 11 is 0. The minimum Gasteiger partial charge on any atom is -0.480 e. The fourth-order valence-electron chi connectivity index (χ4n) is 2.05. The van der Waals surface area contributed by atoms with Gasteiger partial charge in [-0.15, -0.1) is 0 Å². The molecule has 1 aromatic rings. The minimum atomic E-state index is -1.15. The van der Waals surface area contributed by atoms with Gasteiger partial charge in [0.05, 0.1) is 0 Å². The van der Waals surface area contributed by atoms with E-state index in [0.717, 1.165) is 16.0 Å². The molecule has 8 heteroatoms. The number of nitrogens with zero attached hydrogens (tertiary/aromatic N) is 2. The van der Waals surface area contributed by atoms with Crippen LogP contribution in [-0.4, -0.2) is 52.0 Å². The van der Waals surface area contributed by atoms with Crippen LogP contribution in [0, 0.1) is 6.92 Å². The van der Waals surface area contributed by atoms with Crippen LogP contribution in [0.15, 0.2) is 18.5 Å². The molecule has 0 spiro atoms. The highest BCUT2D eigenvalue weighted by atomic mass is 16.4. The van der Waals surface area contributed by atoms with Crippen LogP contribution in [-0.2, 0) is 16.1 Å². The fourth-order valence-corrected chi connectivity index (χ4v) is 2.05. The summed E-state index contributed by atoms with van der Waals surface area (Å²) in [5.41, 5.74) is 1.80. The number of carbonyl (C=O) groups excluding carboxylic acids is 2. The molecular formula is C13H16N4O4. The molecule has 1 aromatic heterocycles. The van der Waals surface area contributed by atoms with Gasteiger partial charge in [-0.2, -0.15) is 0 Å². The van der Waals surface area contributed by atoms with E-state index >= 15 is 0 Å². The number of carboxylic acids is 1. The lowest BCUT2D eigenvalue weighted by Crippen LogP contribution is -2.61. The topological polar surface area (TPSA) is 112 Å². The standard InChI is InChI=1S/C13H16N4O4/c1-8-4-14-3-2-9(8)5-16-13(21)17-7-11(18)15-6-10(17)12(19)20/h2-4,10H,5-7H2,1H3,(H,15,18)(H,16,21)(H,19,20). The van der Waals surface area contributed by atoms with Crippen LogP contribution in [0.1, 0.15) is 11.1 Å². The Morgan fingerprint density at radius 2 is 2.33 bits per heavy atom.